The van der Waals surface area contributed by atoms with Gasteiger partial charge in [0.25, 0.3) is 0 Å². The Hall–Kier alpha value is -1.94. The fourth-order valence-corrected chi connectivity index (χ4v) is 3.02. The van der Waals surface area contributed by atoms with Gasteiger partial charge in [0.15, 0.2) is 5.45 Å². The molecule has 1 N–H and O–H groups in total. The van der Waals surface area contributed by atoms with Crippen LogP contribution in [0.2, 0.25) is 0 Å². The van der Waals surface area contributed by atoms with Crippen LogP contribution in [0.15, 0.2) is 65.8 Å². The van der Waals surface area contributed by atoms with Crippen LogP contribution in [-0.2, 0) is 20.0 Å². The van der Waals surface area contributed by atoms with E-state index in [4.69, 9.17) is 9.05 Å². The quantitative estimate of drug-likeness (QED) is 0.473. The van der Waals surface area contributed by atoms with Crippen LogP contribution >= 0.6 is 7.60 Å². The van der Waals surface area contributed by atoms with Crippen molar-refractivity contribution in [2.45, 2.75) is 6.42 Å². The Labute approximate surface area is 130 Å². The summed E-state index contributed by atoms with van der Waals surface area (Å²) < 4.78 is 22.8. The molecule has 116 valence electrons. The number of para-hydroxylation sites is 1. The maximum atomic E-state index is 12.7. The third-order valence-corrected chi connectivity index (χ3v) is 4.94. The molecule has 0 saturated carbocycles. The molecule has 2 aromatic rings. The first kappa shape index (κ1) is 16.4. The lowest BCUT2D eigenvalue weighted by Gasteiger charge is -2.16. The van der Waals surface area contributed by atoms with Gasteiger partial charge in [-0.2, -0.15) is 5.10 Å². The van der Waals surface area contributed by atoms with Crippen LogP contribution in [0.4, 0.5) is 5.69 Å². The van der Waals surface area contributed by atoms with E-state index in [1.807, 2.05) is 60.7 Å². The van der Waals surface area contributed by atoms with E-state index in [0.717, 1.165) is 11.3 Å². The van der Waals surface area contributed by atoms with E-state index < -0.39 is 7.60 Å². The number of nitrogens with one attached hydrogen (secondary N) is 1. The summed E-state index contributed by atoms with van der Waals surface area (Å²) in [5, 5.41) is 4.26. The van der Waals surface area contributed by atoms with Gasteiger partial charge in [0.1, 0.15) is 0 Å². The Balaban J connectivity index is 2.27. The molecule has 2 aromatic carbocycles. The number of anilines is 1. The molecular weight excluding hydrogens is 299 g/mol. The van der Waals surface area contributed by atoms with Crippen LogP contribution in [0.5, 0.6) is 0 Å². The van der Waals surface area contributed by atoms with E-state index in [1.165, 1.54) is 14.2 Å². The van der Waals surface area contributed by atoms with Gasteiger partial charge in [0.05, 0.1) is 5.69 Å². The second-order valence-corrected chi connectivity index (χ2v) is 6.77. The second-order valence-electron chi connectivity index (χ2n) is 4.53. The summed E-state index contributed by atoms with van der Waals surface area (Å²) in [6.07, 6.45) is 0.375. The molecule has 5 nitrogen and oxygen atoms in total. The first-order valence-electron chi connectivity index (χ1n) is 6.81. The summed E-state index contributed by atoms with van der Waals surface area (Å²) in [6, 6.07) is 19.1. The van der Waals surface area contributed by atoms with Crippen molar-refractivity contribution >= 4 is 18.7 Å². The van der Waals surface area contributed by atoms with Gasteiger partial charge in [-0.15, -0.1) is 0 Å². The SMILES string of the molecule is COP(=O)(OC)/C(Cc1ccccc1)=N\Nc1ccccc1. The lowest BCUT2D eigenvalue weighted by atomic mass is 10.2. The first-order valence-corrected chi connectivity index (χ1v) is 8.36. The molecule has 0 unspecified atom stereocenters. The minimum atomic E-state index is -3.41. The van der Waals surface area contributed by atoms with Crippen molar-refractivity contribution in [3.8, 4) is 0 Å². The Morgan fingerprint density at radius 3 is 2.09 bits per heavy atom. The molecule has 6 heteroatoms. The highest BCUT2D eigenvalue weighted by Gasteiger charge is 2.30. The van der Waals surface area contributed by atoms with Crippen molar-refractivity contribution in [1.82, 2.24) is 0 Å². The molecule has 0 amide bonds. The van der Waals surface area contributed by atoms with Crippen LogP contribution in [0.25, 0.3) is 0 Å². The molecular formula is C16H19N2O3P. The highest BCUT2D eigenvalue weighted by Crippen LogP contribution is 2.49. The van der Waals surface area contributed by atoms with Crippen LogP contribution in [-0.4, -0.2) is 19.7 Å². The predicted octanol–water partition coefficient (Wildman–Crippen LogP) is 4.14. The molecule has 0 radical (unpaired) electrons. The van der Waals surface area contributed by atoms with Gasteiger partial charge < -0.3 is 9.05 Å². The van der Waals surface area contributed by atoms with Crippen molar-refractivity contribution in [1.29, 1.82) is 0 Å². The number of benzene rings is 2. The molecule has 0 aliphatic rings. The lowest BCUT2D eigenvalue weighted by Crippen LogP contribution is -2.10. The highest BCUT2D eigenvalue weighted by molar-refractivity contribution is 7.72. The number of nitrogens with zero attached hydrogens (tertiary/aromatic N) is 1. The number of rotatable bonds is 7. The first-order chi connectivity index (χ1) is 10.7. The maximum absolute atomic E-state index is 12.7. The summed E-state index contributed by atoms with van der Waals surface area (Å²) in [5.74, 6) is 0. The molecule has 0 saturated heterocycles. The highest BCUT2D eigenvalue weighted by atomic mass is 31.2. The van der Waals surface area contributed by atoms with Crippen molar-refractivity contribution in [3.05, 3.63) is 66.2 Å². The Morgan fingerprint density at radius 1 is 1.00 bits per heavy atom. The molecule has 0 aliphatic heterocycles. The van der Waals surface area contributed by atoms with Gasteiger partial charge in [-0.05, 0) is 17.7 Å². The van der Waals surface area contributed by atoms with Gasteiger partial charge in [-0.25, -0.2) is 0 Å². The van der Waals surface area contributed by atoms with Gasteiger partial charge >= 0.3 is 7.60 Å². The summed E-state index contributed by atoms with van der Waals surface area (Å²) in [5.41, 5.74) is 5.00. The van der Waals surface area contributed by atoms with Crippen molar-refractivity contribution in [3.63, 3.8) is 0 Å². The zero-order chi connectivity index (χ0) is 15.8. The van der Waals surface area contributed by atoms with Gasteiger partial charge in [0, 0.05) is 20.6 Å². The molecule has 0 aromatic heterocycles. The largest absolute Gasteiger partial charge is 0.377 e. The van der Waals surface area contributed by atoms with Crippen LogP contribution < -0.4 is 5.43 Å². The Bertz CT molecular complexity index is 652. The maximum Gasteiger partial charge on any atom is 0.377 e. The average Bonchev–Trinajstić information content (AvgIpc) is 2.59. The van der Waals surface area contributed by atoms with Gasteiger partial charge in [-0.3, -0.25) is 9.99 Å². The zero-order valence-electron chi connectivity index (χ0n) is 12.6. The van der Waals surface area contributed by atoms with E-state index in [-0.39, 0.29) is 0 Å². The van der Waals surface area contributed by atoms with Gasteiger partial charge in [0.2, 0.25) is 0 Å². The minimum Gasteiger partial charge on any atom is -0.308 e. The Kier molecular flexibility index (Phi) is 5.90. The monoisotopic (exact) mass is 318 g/mol. The van der Waals surface area contributed by atoms with E-state index >= 15 is 0 Å². The fourth-order valence-electron chi connectivity index (χ4n) is 1.90. The van der Waals surface area contributed by atoms with Crippen LogP contribution in [0.3, 0.4) is 0 Å². The van der Waals surface area contributed by atoms with E-state index in [1.54, 1.807) is 0 Å². The lowest BCUT2D eigenvalue weighted by molar-refractivity contribution is 0.290. The topological polar surface area (TPSA) is 59.9 Å². The van der Waals surface area contributed by atoms with Crippen LogP contribution in [0, 0.1) is 0 Å². The molecule has 22 heavy (non-hydrogen) atoms. The molecule has 0 spiro atoms. The zero-order valence-corrected chi connectivity index (χ0v) is 13.5. The molecule has 0 aliphatic carbocycles. The fraction of sp³-hybridized carbons (Fsp3) is 0.188. The smallest absolute Gasteiger partial charge is 0.308 e. The molecule has 0 fully saturated rings. The normalized spacial score (nSPS) is 12.2. The predicted molar refractivity (Wildman–Crippen MR) is 89.3 cm³/mol. The van der Waals surface area contributed by atoms with Crippen LogP contribution in [0.1, 0.15) is 5.56 Å². The van der Waals surface area contributed by atoms with Gasteiger partial charge in [-0.1, -0.05) is 48.5 Å². The summed E-state index contributed by atoms with van der Waals surface area (Å²) in [4.78, 5) is 0. The third-order valence-electron chi connectivity index (χ3n) is 3.09. The number of hydrazone groups is 1. The van der Waals surface area contributed by atoms with Crippen molar-refractivity contribution < 1.29 is 13.6 Å². The third kappa shape index (κ3) is 4.28. The Morgan fingerprint density at radius 2 is 1.55 bits per heavy atom. The van der Waals surface area contributed by atoms with Crippen molar-refractivity contribution in [2.24, 2.45) is 5.10 Å². The van der Waals surface area contributed by atoms with E-state index in [9.17, 15) is 4.57 Å². The summed E-state index contributed by atoms with van der Waals surface area (Å²) in [7, 11) is -0.697. The van der Waals surface area contributed by atoms with Crippen molar-refractivity contribution in [2.75, 3.05) is 19.6 Å². The molecule has 0 atom stereocenters. The standard InChI is InChI=1S/C16H19N2O3P/c1-20-22(19,21-2)16(13-14-9-5-3-6-10-14)18-17-15-11-7-4-8-12-15/h3-12,17H,13H2,1-2H3/b18-16-. The number of hydrogen-bond acceptors (Lipinski definition) is 5. The molecule has 2 rings (SSSR count). The second kappa shape index (κ2) is 7.90. The van der Waals surface area contributed by atoms with E-state index in [2.05, 4.69) is 10.5 Å². The number of hydrogen-bond donors (Lipinski definition) is 1. The average molecular weight is 318 g/mol. The molecule has 0 heterocycles. The van der Waals surface area contributed by atoms with E-state index in [0.29, 0.717) is 11.9 Å². The summed E-state index contributed by atoms with van der Waals surface area (Å²) in [6.45, 7) is 0. The molecule has 0 bridgehead atoms. The minimum absolute atomic E-state index is 0.326. The summed E-state index contributed by atoms with van der Waals surface area (Å²) >= 11 is 0.